The van der Waals surface area contributed by atoms with E-state index in [1.165, 1.54) is 5.56 Å². The second-order valence-electron chi connectivity index (χ2n) is 7.23. The maximum absolute atomic E-state index is 12.5. The van der Waals surface area contributed by atoms with Gasteiger partial charge in [0.1, 0.15) is 5.52 Å². The van der Waals surface area contributed by atoms with E-state index in [1.807, 2.05) is 12.1 Å². The van der Waals surface area contributed by atoms with Gasteiger partial charge in [0.05, 0.1) is 5.52 Å². The van der Waals surface area contributed by atoms with Crippen molar-refractivity contribution in [3.63, 3.8) is 0 Å². The van der Waals surface area contributed by atoms with E-state index in [2.05, 4.69) is 57.1 Å². The van der Waals surface area contributed by atoms with Crippen molar-refractivity contribution in [3.05, 3.63) is 71.2 Å². The lowest BCUT2D eigenvalue weighted by Gasteiger charge is -2.38. The number of hydrogen-bond donors (Lipinski definition) is 2. The van der Waals surface area contributed by atoms with E-state index in [9.17, 15) is 4.79 Å². The first kappa shape index (κ1) is 17.5. The van der Waals surface area contributed by atoms with E-state index < -0.39 is 0 Å². The van der Waals surface area contributed by atoms with E-state index in [-0.39, 0.29) is 11.6 Å². The third kappa shape index (κ3) is 3.53. The molecule has 1 saturated heterocycles. The minimum Gasteiger partial charge on any atom is -0.355 e. The molecule has 3 aromatic rings. The average Bonchev–Trinajstić information content (AvgIpc) is 3.15. The number of H-pyrrole nitrogens is 1. The maximum Gasteiger partial charge on any atom is 0.278 e. The number of likely N-dealkylation sites (tertiary alicyclic amines) is 1. The van der Waals surface area contributed by atoms with E-state index in [1.54, 1.807) is 17.8 Å². The maximum atomic E-state index is 12.5. The summed E-state index contributed by atoms with van der Waals surface area (Å²) in [6, 6.07) is 12.7. The lowest BCUT2D eigenvalue weighted by molar-refractivity contribution is 0.214. The summed E-state index contributed by atoms with van der Waals surface area (Å²) in [5.74, 6) is 1.05. The number of rotatable bonds is 5. The summed E-state index contributed by atoms with van der Waals surface area (Å²) in [5, 5.41) is 3.52. The molecular formula is C21H25N5O. The third-order valence-corrected chi connectivity index (χ3v) is 5.31. The molecule has 6 heteroatoms. The minimum absolute atomic E-state index is 0.0640. The van der Waals surface area contributed by atoms with Gasteiger partial charge in [-0.2, -0.15) is 0 Å². The van der Waals surface area contributed by atoms with Crippen molar-refractivity contribution in [1.82, 2.24) is 19.4 Å². The van der Waals surface area contributed by atoms with Gasteiger partial charge in [-0.1, -0.05) is 36.4 Å². The van der Waals surface area contributed by atoms with Gasteiger partial charge in [0.2, 0.25) is 5.95 Å². The van der Waals surface area contributed by atoms with Gasteiger partial charge in [-0.3, -0.25) is 14.3 Å². The predicted molar refractivity (Wildman–Crippen MR) is 109 cm³/mol. The first-order valence-electron chi connectivity index (χ1n) is 9.34. The highest BCUT2D eigenvalue weighted by Crippen LogP contribution is 2.28. The van der Waals surface area contributed by atoms with E-state index in [0.717, 1.165) is 26.1 Å². The number of fused-ring (bicyclic) bond motifs is 1. The second kappa shape index (κ2) is 7.40. The third-order valence-electron chi connectivity index (χ3n) is 5.31. The minimum atomic E-state index is -0.0640. The molecule has 0 bridgehead atoms. The summed E-state index contributed by atoms with van der Waals surface area (Å²) in [7, 11) is 1.76. The summed E-state index contributed by atoms with van der Waals surface area (Å²) < 4.78 is 1.59. The first-order valence-corrected chi connectivity index (χ1v) is 9.34. The number of hydrogen-bond acceptors (Lipinski definition) is 4. The predicted octanol–water partition coefficient (Wildman–Crippen LogP) is 2.72. The molecule has 0 spiro atoms. The van der Waals surface area contributed by atoms with Gasteiger partial charge in [-0.15, -0.1) is 6.58 Å². The molecule has 140 valence electrons. The zero-order valence-corrected chi connectivity index (χ0v) is 15.6. The summed E-state index contributed by atoms with van der Waals surface area (Å²) in [5.41, 5.74) is 2.52. The van der Waals surface area contributed by atoms with Crippen LogP contribution in [0.5, 0.6) is 0 Å². The molecule has 0 saturated carbocycles. The van der Waals surface area contributed by atoms with Crippen molar-refractivity contribution >= 4 is 17.0 Å². The van der Waals surface area contributed by atoms with Gasteiger partial charge in [-0.05, 0) is 24.0 Å². The van der Waals surface area contributed by atoms with Crippen LogP contribution in [0.3, 0.4) is 0 Å². The normalized spacial score (nSPS) is 20.6. The fraction of sp³-hybridized carbons (Fsp3) is 0.333. The highest BCUT2D eigenvalue weighted by Gasteiger charge is 2.28. The average molecular weight is 363 g/mol. The van der Waals surface area contributed by atoms with Crippen molar-refractivity contribution in [1.29, 1.82) is 0 Å². The fourth-order valence-corrected chi connectivity index (χ4v) is 3.98. The molecule has 0 amide bonds. The van der Waals surface area contributed by atoms with Crippen LogP contribution in [0.4, 0.5) is 5.95 Å². The van der Waals surface area contributed by atoms with Gasteiger partial charge in [0.25, 0.3) is 5.56 Å². The van der Waals surface area contributed by atoms with Crippen LogP contribution in [0, 0.1) is 0 Å². The molecule has 0 unspecified atom stereocenters. The molecule has 27 heavy (non-hydrogen) atoms. The molecule has 6 nitrogen and oxygen atoms in total. The van der Waals surface area contributed by atoms with Crippen molar-refractivity contribution in [2.45, 2.75) is 18.4 Å². The Kier molecular flexibility index (Phi) is 4.81. The highest BCUT2D eigenvalue weighted by atomic mass is 16.1. The molecular weight excluding hydrogens is 338 g/mol. The number of anilines is 1. The van der Waals surface area contributed by atoms with Crippen LogP contribution in [0.2, 0.25) is 0 Å². The Labute approximate surface area is 158 Å². The topological polar surface area (TPSA) is 66.0 Å². The Morgan fingerprint density at radius 3 is 2.89 bits per heavy atom. The molecule has 1 fully saturated rings. The summed E-state index contributed by atoms with van der Waals surface area (Å²) >= 11 is 0. The van der Waals surface area contributed by atoms with Crippen molar-refractivity contribution < 1.29 is 0 Å². The quantitative estimate of drug-likeness (QED) is 0.684. The van der Waals surface area contributed by atoms with Gasteiger partial charge in [0.15, 0.2) is 0 Å². The van der Waals surface area contributed by atoms with Crippen LogP contribution in [-0.4, -0.2) is 45.1 Å². The first-order chi connectivity index (χ1) is 13.2. The molecule has 2 aromatic heterocycles. The van der Waals surface area contributed by atoms with Crippen molar-refractivity contribution in [2.24, 2.45) is 7.05 Å². The van der Waals surface area contributed by atoms with Crippen LogP contribution in [0.25, 0.3) is 11.0 Å². The van der Waals surface area contributed by atoms with E-state index >= 15 is 0 Å². The molecule has 3 heterocycles. The van der Waals surface area contributed by atoms with Crippen molar-refractivity contribution in [2.75, 3.05) is 25.0 Å². The summed E-state index contributed by atoms with van der Waals surface area (Å²) in [4.78, 5) is 22.5. The van der Waals surface area contributed by atoms with Crippen LogP contribution < -0.4 is 10.9 Å². The zero-order valence-electron chi connectivity index (χ0n) is 15.6. The Balaban J connectivity index is 1.61. The molecule has 2 N–H and O–H groups in total. The number of nitrogens with one attached hydrogen (secondary N) is 2. The highest BCUT2D eigenvalue weighted by molar-refractivity contribution is 5.75. The largest absolute Gasteiger partial charge is 0.355 e. The SMILES string of the molecule is C=CCN1C[C@H](Nc2nc3cc[nH]c3c(=O)n2C)C[C@H](c2ccccc2)C1. The van der Waals surface area contributed by atoms with Gasteiger partial charge in [-0.25, -0.2) is 4.98 Å². The van der Waals surface area contributed by atoms with Crippen molar-refractivity contribution in [3.8, 4) is 0 Å². The molecule has 1 aromatic carbocycles. The smallest absolute Gasteiger partial charge is 0.278 e. The Bertz CT molecular complexity index is 991. The Hall–Kier alpha value is -2.86. The van der Waals surface area contributed by atoms with Crippen LogP contribution >= 0.6 is 0 Å². The molecule has 0 aliphatic carbocycles. The number of benzene rings is 1. The van der Waals surface area contributed by atoms with Gasteiger partial charge >= 0.3 is 0 Å². The van der Waals surface area contributed by atoms with Gasteiger partial charge < -0.3 is 10.3 Å². The Morgan fingerprint density at radius 1 is 1.30 bits per heavy atom. The van der Waals surface area contributed by atoms with E-state index in [0.29, 0.717) is 22.9 Å². The van der Waals surface area contributed by atoms with Crippen LogP contribution in [0.15, 0.2) is 60.0 Å². The lowest BCUT2D eigenvalue weighted by atomic mass is 9.88. The number of aromatic amines is 1. The fourth-order valence-electron chi connectivity index (χ4n) is 3.98. The Morgan fingerprint density at radius 2 is 2.11 bits per heavy atom. The molecule has 2 atom stereocenters. The number of nitrogens with zero attached hydrogens (tertiary/aromatic N) is 3. The standard InChI is InChI=1S/C21H25N5O/c1-3-11-26-13-16(15-7-5-4-6-8-15)12-17(14-26)23-21-24-18-9-10-22-19(18)20(27)25(21)2/h3-10,16-17,22H,1,11-14H2,2H3,(H,23,24)/t16-,17+/m0/s1. The number of piperidine rings is 1. The lowest BCUT2D eigenvalue weighted by Crippen LogP contribution is -2.46. The number of aromatic nitrogens is 3. The molecule has 1 aliphatic rings. The molecule has 0 radical (unpaired) electrons. The molecule has 4 rings (SSSR count). The summed E-state index contributed by atoms with van der Waals surface area (Å²) in [6.07, 6.45) is 4.70. The van der Waals surface area contributed by atoms with Gasteiger partial charge in [0, 0.05) is 38.9 Å². The van der Waals surface area contributed by atoms with Crippen LogP contribution in [-0.2, 0) is 7.05 Å². The van der Waals surface area contributed by atoms with Crippen LogP contribution in [0.1, 0.15) is 17.9 Å². The monoisotopic (exact) mass is 363 g/mol. The summed E-state index contributed by atoms with van der Waals surface area (Å²) in [6.45, 7) is 6.65. The van der Waals surface area contributed by atoms with E-state index in [4.69, 9.17) is 0 Å². The second-order valence-corrected chi connectivity index (χ2v) is 7.23. The zero-order chi connectivity index (χ0) is 18.8. The molecule has 1 aliphatic heterocycles.